The SMILES string of the molecule is C=S(C)(=O)Nc1cc(-c2cccc(OCc3ccn(C(F)F)n3)n2)nnc1OC. The molecule has 12 heteroatoms. The van der Waals surface area contributed by atoms with Crippen LogP contribution in [-0.2, 0) is 16.3 Å². The first-order chi connectivity index (χ1) is 13.7. The fourth-order valence-electron chi connectivity index (χ4n) is 2.31. The Hall–Kier alpha value is -3.28. The summed E-state index contributed by atoms with van der Waals surface area (Å²) < 4.78 is 51.0. The van der Waals surface area contributed by atoms with Crippen molar-refractivity contribution < 1.29 is 22.5 Å². The maximum absolute atomic E-state index is 12.6. The molecule has 0 amide bonds. The lowest BCUT2D eigenvalue weighted by Gasteiger charge is -2.12. The van der Waals surface area contributed by atoms with Gasteiger partial charge in [0.05, 0.1) is 12.8 Å². The number of halogens is 2. The number of methoxy groups -OCH3 is 1. The van der Waals surface area contributed by atoms with Crippen LogP contribution in [0.3, 0.4) is 0 Å². The molecule has 3 aromatic heterocycles. The number of ether oxygens (including phenoxy) is 2. The van der Waals surface area contributed by atoms with E-state index in [4.69, 9.17) is 9.47 Å². The van der Waals surface area contributed by atoms with Crippen molar-refractivity contribution >= 4 is 21.3 Å². The third-order valence-corrected chi connectivity index (χ3v) is 4.15. The van der Waals surface area contributed by atoms with Crippen molar-refractivity contribution in [2.45, 2.75) is 13.2 Å². The van der Waals surface area contributed by atoms with Gasteiger partial charge in [-0.2, -0.15) is 13.9 Å². The normalized spacial score (nSPS) is 13.1. The predicted octanol–water partition coefficient (Wildman–Crippen LogP) is 2.39. The van der Waals surface area contributed by atoms with E-state index in [1.165, 1.54) is 25.6 Å². The van der Waals surface area contributed by atoms with Gasteiger partial charge in [0.15, 0.2) is 0 Å². The smallest absolute Gasteiger partial charge is 0.333 e. The lowest BCUT2D eigenvalue weighted by Crippen LogP contribution is -2.11. The Morgan fingerprint density at radius 1 is 1.28 bits per heavy atom. The molecule has 3 aromatic rings. The van der Waals surface area contributed by atoms with E-state index in [9.17, 15) is 13.0 Å². The van der Waals surface area contributed by atoms with Crippen molar-refractivity contribution in [3.05, 3.63) is 42.2 Å². The highest BCUT2D eigenvalue weighted by atomic mass is 32.2. The summed E-state index contributed by atoms with van der Waals surface area (Å²) in [5.41, 5.74) is 1.50. The van der Waals surface area contributed by atoms with Gasteiger partial charge < -0.3 is 14.2 Å². The number of alkyl halides is 2. The van der Waals surface area contributed by atoms with Crippen molar-refractivity contribution in [1.29, 1.82) is 0 Å². The van der Waals surface area contributed by atoms with Gasteiger partial charge in [-0.15, -0.1) is 10.2 Å². The molecule has 154 valence electrons. The molecule has 29 heavy (non-hydrogen) atoms. The standard InChI is InChI=1S/C17H18F2N6O3S/c1-27-16-14(24-29(2,3)26)9-13(21-22-16)12-5-4-6-15(20-12)28-10-11-7-8-25(23-11)17(18)19/h4-9,17H,2,10H2,1,3H3,(H,21,24,26). The Labute approximate surface area is 165 Å². The molecule has 0 aliphatic carbocycles. The maximum Gasteiger partial charge on any atom is 0.333 e. The van der Waals surface area contributed by atoms with Gasteiger partial charge >= 0.3 is 6.55 Å². The zero-order valence-corrected chi connectivity index (χ0v) is 16.4. The maximum atomic E-state index is 12.6. The Morgan fingerprint density at radius 3 is 2.72 bits per heavy atom. The van der Waals surface area contributed by atoms with Gasteiger partial charge in [-0.25, -0.2) is 13.9 Å². The minimum atomic E-state index is -2.71. The second-order valence-corrected chi connectivity index (χ2v) is 8.19. The zero-order valence-electron chi connectivity index (χ0n) is 15.6. The van der Waals surface area contributed by atoms with Crippen LogP contribution in [0.2, 0.25) is 0 Å². The van der Waals surface area contributed by atoms with Gasteiger partial charge in [-0.3, -0.25) is 0 Å². The number of pyridine rings is 1. The quantitative estimate of drug-likeness (QED) is 0.554. The van der Waals surface area contributed by atoms with Gasteiger partial charge in [0.25, 0.3) is 5.88 Å². The van der Waals surface area contributed by atoms with Crippen LogP contribution in [0.25, 0.3) is 11.4 Å². The van der Waals surface area contributed by atoms with Crippen molar-refractivity contribution in [2.75, 3.05) is 18.1 Å². The van der Waals surface area contributed by atoms with Crippen LogP contribution in [-0.4, -0.2) is 48.4 Å². The monoisotopic (exact) mass is 424 g/mol. The van der Waals surface area contributed by atoms with Crippen LogP contribution >= 0.6 is 0 Å². The van der Waals surface area contributed by atoms with Crippen molar-refractivity contribution in [1.82, 2.24) is 25.0 Å². The molecule has 0 saturated carbocycles. The molecule has 3 heterocycles. The van der Waals surface area contributed by atoms with Gasteiger partial charge in [-0.1, -0.05) is 6.07 Å². The third-order valence-electron chi connectivity index (χ3n) is 3.50. The summed E-state index contributed by atoms with van der Waals surface area (Å²) in [4.78, 5) is 4.33. The molecule has 0 saturated heterocycles. The first-order valence-corrected chi connectivity index (χ1v) is 10.3. The van der Waals surface area contributed by atoms with Gasteiger partial charge in [0, 0.05) is 28.2 Å². The molecule has 9 nitrogen and oxygen atoms in total. The van der Waals surface area contributed by atoms with Crippen molar-refractivity contribution in [2.24, 2.45) is 0 Å². The predicted molar refractivity (Wildman–Crippen MR) is 104 cm³/mol. The van der Waals surface area contributed by atoms with E-state index in [0.717, 1.165) is 0 Å². The fraction of sp³-hybridized carbons (Fsp3) is 0.235. The molecular formula is C17H18F2N6O3S. The highest BCUT2D eigenvalue weighted by Crippen LogP contribution is 2.27. The summed E-state index contributed by atoms with van der Waals surface area (Å²) in [6, 6.07) is 8.00. The molecule has 1 N–H and O–H groups in total. The van der Waals surface area contributed by atoms with Gasteiger partial charge in [0.1, 0.15) is 23.7 Å². The average molecular weight is 424 g/mol. The Bertz CT molecular complexity index is 1100. The van der Waals surface area contributed by atoms with E-state index in [2.05, 4.69) is 30.9 Å². The highest BCUT2D eigenvalue weighted by Gasteiger charge is 2.13. The molecule has 0 aliphatic rings. The largest absolute Gasteiger partial charge is 0.478 e. The van der Waals surface area contributed by atoms with E-state index in [0.29, 0.717) is 27.5 Å². The van der Waals surface area contributed by atoms with E-state index >= 15 is 0 Å². The number of anilines is 1. The first kappa shape index (κ1) is 20.5. The van der Waals surface area contributed by atoms with E-state index in [-0.39, 0.29) is 18.4 Å². The summed E-state index contributed by atoms with van der Waals surface area (Å²) in [5, 5.41) is 11.7. The summed E-state index contributed by atoms with van der Waals surface area (Å²) in [7, 11) is -1.15. The summed E-state index contributed by atoms with van der Waals surface area (Å²) in [6.45, 7) is -2.74. The third kappa shape index (κ3) is 5.38. The molecule has 0 aromatic carbocycles. The second-order valence-electron chi connectivity index (χ2n) is 5.97. The topological polar surface area (TPSA) is 104 Å². The number of nitrogens with zero attached hydrogens (tertiary/aromatic N) is 5. The van der Waals surface area contributed by atoms with Crippen LogP contribution in [0, 0.1) is 0 Å². The number of hydrogen-bond donors (Lipinski definition) is 1. The van der Waals surface area contributed by atoms with Crippen LogP contribution in [0.5, 0.6) is 11.8 Å². The molecule has 0 bridgehead atoms. The van der Waals surface area contributed by atoms with Crippen LogP contribution in [0.4, 0.5) is 14.5 Å². The summed E-state index contributed by atoms with van der Waals surface area (Å²) in [5.74, 6) is 3.95. The van der Waals surface area contributed by atoms with Crippen LogP contribution < -0.4 is 14.2 Å². The minimum absolute atomic E-state index is 0.0311. The van der Waals surface area contributed by atoms with Crippen LogP contribution in [0.1, 0.15) is 12.2 Å². The molecule has 0 spiro atoms. The van der Waals surface area contributed by atoms with E-state index < -0.39 is 16.3 Å². The summed E-state index contributed by atoms with van der Waals surface area (Å²) >= 11 is 0. The van der Waals surface area contributed by atoms with E-state index in [1.54, 1.807) is 24.3 Å². The molecule has 0 aliphatic heterocycles. The lowest BCUT2D eigenvalue weighted by molar-refractivity contribution is 0.0557. The first-order valence-electron chi connectivity index (χ1n) is 8.19. The lowest BCUT2D eigenvalue weighted by atomic mass is 10.2. The Balaban J connectivity index is 1.80. The fourth-order valence-corrected chi connectivity index (χ4v) is 2.92. The second kappa shape index (κ2) is 8.39. The molecule has 1 atom stereocenters. The summed E-state index contributed by atoms with van der Waals surface area (Å²) in [6.07, 6.45) is 2.61. The average Bonchev–Trinajstić information content (AvgIpc) is 3.15. The molecule has 0 radical (unpaired) electrons. The number of hydrogen-bond acceptors (Lipinski definition) is 7. The van der Waals surface area contributed by atoms with Crippen molar-refractivity contribution in [3.8, 4) is 23.1 Å². The molecule has 1 unspecified atom stereocenters. The molecule has 3 rings (SSSR count). The Morgan fingerprint density at radius 2 is 2.07 bits per heavy atom. The highest BCUT2D eigenvalue weighted by molar-refractivity contribution is 8.00. The minimum Gasteiger partial charge on any atom is -0.478 e. The number of rotatable bonds is 8. The number of nitrogens with one attached hydrogen (secondary N) is 1. The van der Waals surface area contributed by atoms with Crippen LogP contribution in [0.15, 0.2) is 36.5 Å². The van der Waals surface area contributed by atoms with Crippen molar-refractivity contribution in [3.63, 3.8) is 0 Å². The molecular weight excluding hydrogens is 406 g/mol. The molecule has 0 fully saturated rings. The van der Waals surface area contributed by atoms with Gasteiger partial charge in [0.2, 0.25) is 5.88 Å². The van der Waals surface area contributed by atoms with Gasteiger partial charge in [-0.05, 0) is 24.1 Å². The number of aromatic nitrogens is 5. The Kier molecular flexibility index (Phi) is 5.92. The zero-order chi connectivity index (χ0) is 21.0. The van der Waals surface area contributed by atoms with E-state index in [1.807, 2.05) is 0 Å².